The third-order valence-electron chi connectivity index (χ3n) is 6.26. The van der Waals surface area contributed by atoms with Crippen molar-refractivity contribution in [3.8, 4) is 0 Å². The van der Waals surface area contributed by atoms with Crippen LogP contribution in [0.1, 0.15) is 57.8 Å². The Morgan fingerprint density at radius 3 is 2.55 bits per heavy atom. The zero-order chi connectivity index (χ0) is 21.4. The topological polar surface area (TPSA) is 79.6 Å². The third-order valence-corrected chi connectivity index (χ3v) is 6.90. The summed E-state index contributed by atoms with van der Waals surface area (Å²) >= 11 is 1.70. The van der Waals surface area contributed by atoms with Crippen molar-refractivity contribution in [3.63, 3.8) is 0 Å². The Kier molecular flexibility index (Phi) is 11.4. The summed E-state index contributed by atoms with van der Waals surface area (Å²) in [6.45, 7) is 9.88. The molecule has 1 aromatic heterocycles. The minimum atomic E-state index is 0. The van der Waals surface area contributed by atoms with Gasteiger partial charge < -0.3 is 19.9 Å². The van der Waals surface area contributed by atoms with Crippen LogP contribution in [0.2, 0.25) is 0 Å². The average Bonchev–Trinajstić information content (AvgIpc) is 3.43. The van der Waals surface area contributed by atoms with Crippen LogP contribution >= 0.6 is 35.7 Å². The maximum Gasteiger partial charge on any atom is 0.191 e. The van der Waals surface area contributed by atoms with E-state index in [0.29, 0.717) is 6.04 Å². The molecule has 0 radical (unpaired) electrons. The number of guanidine groups is 1. The first-order chi connectivity index (χ1) is 14.5. The van der Waals surface area contributed by atoms with Crippen LogP contribution in [-0.4, -0.2) is 83.9 Å². The summed E-state index contributed by atoms with van der Waals surface area (Å²) in [5.74, 6) is 1.99. The molecule has 0 unspecified atom stereocenters. The molecule has 178 valence electrons. The Balaban J connectivity index is 0.00000341. The number of hydrogen-bond acceptors (Lipinski definition) is 6. The third kappa shape index (κ3) is 7.46. The van der Waals surface area contributed by atoms with E-state index in [4.69, 9.17) is 4.74 Å². The van der Waals surface area contributed by atoms with Crippen molar-refractivity contribution in [3.05, 3.63) is 5.82 Å². The van der Waals surface area contributed by atoms with Crippen LogP contribution in [0.3, 0.4) is 0 Å². The second-order valence-corrected chi connectivity index (χ2v) is 9.55. The van der Waals surface area contributed by atoms with Crippen molar-refractivity contribution in [2.45, 2.75) is 69.1 Å². The van der Waals surface area contributed by atoms with Crippen LogP contribution in [0.4, 0.5) is 0 Å². The minimum absolute atomic E-state index is 0. The lowest BCUT2D eigenvalue weighted by molar-refractivity contribution is -0.00833. The highest BCUT2D eigenvalue weighted by Crippen LogP contribution is 2.33. The van der Waals surface area contributed by atoms with Gasteiger partial charge in [0.2, 0.25) is 0 Å². The maximum absolute atomic E-state index is 5.48. The number of aromatic nitrogens is 3. The van der Waals surface area contributed by atoms with Crippen LogP contribution in [0.25, 0.3) is 0 Å². The van der Waals surface area contributed by atoms with Gasteiger partial charge in [-0.2, -0.15) is 0 Å². The fourth-order valence-electron chi connectivity index (χ4n) is 4.40. The number of aryl methyl sites for hydroxylation is 1. The summed E-state index contributed by atoms with van der Waals surface area (Å²) in [6.07, 6.45) is 9.19. The Morgan fingerprint density at radius 2 is 1.90 bits per heavy atom. The number of halogens is 1. The van der Waals surface area contributed by atoms with Gasteiger partial charge in [-0.1, -0.05) is 24.6 Å². The summed E-state index contributed by atoms with van der Waals surface area (Å²) in [5, 5.41) is 16.9. The van der Waals surface area contributed by atoms with Crippen molar-refractivity contribution < 1.29 is 4.74 Å². The van der Waals surface area contributed by atoms with E-state index in [2.05, 4.69) is 55.4 Å². The Hall–Kier alpha value is -0.590. The number of rotatable bonds is 9. The molecule has 1 aromatic rings. The fourth-order valence-corrected chi connectivity index (χ4v) is 4.97. The molecule has 0 aromatic carbocycles. The van der Waals surface area contributed by atoms with Crippen LogP contribution in [0.15, 0.2) is 10.1 Å². The predicted molar refractivity (Wildman–Crippen MR) is 139 cm³/mol. The number of thioether (sulfide) groups is 1. The van der Waals surface area contributed by atoms with Crippen molar-refractivity contribution in [2.75, 3.05) is 52.7 Å². The van der Waals surface area contributed by atoms with Crippen molar-refractivity contribution >= 4 is 41.7 Å². The predicted octanol–water partition coefficient (Wildman–Crippen LogP) is 2.94. The molecule has 2 fully saturated rings. The minimum Gasteiger partial charge on any atom is -0.379 e. The van der Waals surface area contributed by atoms with E-state index < -0.39 is 0 Å². The van der Waals surface area contributed by atoms with E-state index >= 15 is 0 Å². The van der Waals surface area contributed by atoms with Crippen LogP contribution in [0.5, 0.6) is 0 Å². The molecule has 1 saturated carbocycles. The van der Waals surface area contributed by atoms with Crippen LogP contribution < -0.4 is 10.6 Å². The van der Waals surface area contributed by atoms with Gasteiger partial charge in [-0.15, -0.1) is 34.2 Å². The Bertz CT molecular complexity index is 685. The molecule has 8 nitrogen and oxygen atoms in total. The number of nitrogens with zero attached hydrogens (tertiary/aromatic N) is 5. The zero-order valence-corrected chi connectivity index (χ0v) is 22.7. The first kappa shape index (κ1) is 26.7. The molecular weight excluding hydrogens is 525 g/mol. The second kappa shape index (κ2) is 13.2. The lowest BCUT2D eigenvalue weighted by Crippen LogP contribution is -2.56. The number of hydrogen-bond donors (Lipinski definition) is 2. The quantitative estimate of drug-likeness (QED) is 0.157. The van der Waals surface area contributed by atoms with Crippen molar-refractivity contribution in [2.24, 2.45) is 4.99 Å². The molecule has 2 aliphatic rings. The average molecular weight is 566 g/mol. The largest absolute Gasteiger partial charge is 0.379 e. The molecule has 0 bridgehead atoms. The maximum atomic E-state index is 5.48. The highest BCUT2D eigenvalue weighted by Gasteiger charge is 2.28. The number of morpholine rings is 1. The fraction of sp³-hybridized carbons (Fsp3) is 0.857. The first-order valence-corrected chi connectivity index (χ1v) is 12.5. The molecule has 10 heteroatoms. The van der Waals surface area contributed by atoms with E-state index in [-0.39, 0.29) is 29.5 Å². The lowest BCUT2D eigenvalue weighted by Gasteiger charge is -2.41. The van der Waals surface area contributed by atoms with E-state index in [1.165, 1.54) is 25.7 Å². The molecule has 31 heavy (non-hydrogen) atoms. The SMILES string of the molecule is CN=C(NCCCc1nnc(SC)n1C1CCCC1)NCC(C)(C)N1CCOCC1.I. The molecule has 1 saturated heterocycles. The standard InChI is InChI=1S/C21H39N7OS.HI/c1-21(2,27-12-14-29-15-13-27)16-24-19(22-3)23-11-7-10-18-25-26-20(30-4)28(18)17-8-5-6-9-17;/h17H,5-16H2,1-4H3,(H2,22,23,24);1H. The summed E-state index contributed by atoms with van der Waals surface area (Å²) < 4.78 is 7.88. The Morgan fingerprint density at radius 1 is 1.19 bits per heavy atom. The van der Waals surface area contributed by atoms with E-state index in [1.807, 2.05) is 7.05 Å². The van der Waals surface area contributed by atoms with Gasteiger partial charge in [0.15, 0.2) is 11.1 Å². The Labute approximate surface area is 208 Å². The van der Waals surface area contributed by atoms with E-state index in [0.717, 1.165) is 69.2 Å². The normalized spacial score (nSPS) is 18.8. The molecule has 2 N–H and O–H groups in total. The molecule has 1 aliphatic carbocycles. The van der Waals surface area contributed by atoms with Gasteiger partial charge >= 0.3 is 0 Å². The lowest BCUT2D eigenvalue weighted by atomic mass is 10.0. The monoisotopic (exact) mass is 565 g/mol. The van der Waals surface area contributed by atoms with Gasteiger partial charge in [0, 0.05) is 51.2 Å². The molecule has 3 rings (SSSR count). The van der Waals surface area contributed by atoms with E-state index in [1.54, 1.807) is 11.8 Å². The van der Waals surface area contributed by atoms with Gasteiger partial charge in [-0.25, -0.2) is 0 Å². The van der Waals surface area contributed by atoms with Crippen molar-refractivity contribution in [1.29, 1.82) is 0 Å². The molecule has 0 spiro atoms. The summed E-state index contributed by atoms with van der Waals surface area (Å²) in [5.41, 5.74) is 0.0628. The molecule has 2 heterocycles. The molecular formula is C21H40IN7OS. The highest BCUT2D eigenvalue weighted by atomic mass is 127. The number of aliphatic imine (C=N–C) groups is 1. The summed E-state index contributed by atoms with van der Waals surface area (Å²) in [4.78, 5) is 6.88. The number of ether oxygens (including phenoxy) is 1. The van der Waals surface area contributed by atoms with Crippen molar-refractivity contribution in [1.82, 2.24) is 30.3 Å². The van der Waals surface area contributed by atoms with E-state index in [9.17, 15) is 0 Å². The van der Waals surface area contributed by atoms with Gasteiger partial charge in [0.1, 0.15) is 5.82 Å². The van der Waals surface area contributed by atoms with Gasteiger partial charge in [0.05, 0.1) is 13.2 Å². The highest BCUT2D eigenvalue weighted by molar-refractivity contribution is 14.0. The molecule has 0 amide bonds. The van der Waals surface area contributed by atoms with Crippen LogP contribution in [-0.2, 0) is 11.2 Å². The summed E-state index contributed by atoms with van der Waals surface area (Å²) in [6, 6.07) is 0.585. The molecule has 1 aliphatic heterocycles. The number of nitrogens with one attached hydrogen (secondary N) is 2. The smallest absolute Gasteiger partial charge is 0.191 e. The van der Waals surface area contributed by atoms with Gasteiger partial charge in [-0.05, 0) is 39.4 Å². The van der Waals surface area contributed by atoms with Gasteiger partial charge in [0.25, 0.3) is 0 Å². The summed E-state index contributed by atoms with van der Waals surface area (Å²) in [7, 11) is 1.83. The zero-order valence-electron chi connectivity index (χ0n) is 19.5. The molecule has 0 atom stereocenters. The van der Waals surface area contributed by atoms with Gasteiger partial charge in [-0.3, -0.25) is 9.89 Å². The van der Waals surface area contributed by atoms with Crippen LogP contribution in [0, 0.1) is 0 Å². The first-order valence-electron chi connectivity index (χ1n) is 11.3. The second-order valence-electron chi connectivity index (χ2n) is 8.78.